The third-order valence-electron chi connectivity index (χ3n) is 4.73. The van der Waals surface area contributed by atoms with Gasteiger partial charge in [0.2, 0.25) is 5.43 Å². The first-order valence-electron chi connectivity index (χ1n) is 8.41. The van der Waals surface area contributed by atoms with Gasteiger partial charge in [-0.25, -0.2) is 9.18 Å². The topological polar surface area (TPSA) is 115 Å². The number of nitrogens with two attached hydrogens (primary N) is 1. The highest BCUT2D eigenvalue weighted by molar-refractivity contribution is 5.94. The Balaban J connectivity index is 2.02. The fraction of sp³-hybridized carbons (Fsp3) is 0.278. The Morgan fingerprint density at radius 3 is 2.78 bits per heavy atom. The maximum Gasteiger partial charge on any atom is 0.341 e. The first-order valence-corrected chi connectivity index (χ1v) is 8.41. The Hall–Kier alpha value is -3.20. The summed E-state index contributed by atoms with van der Waals surface area (Å²) >= 11 is 0. The lowest BCUT2D eigenvalue weighted by molar-refractivity contribution is 0.0695. The largest absolute Gasteiger partial charge is 0.477 e. The van der Waals surface area contributed by atoms with Crippen LogP contribution in [0.3, 0.4) is 0 Å². The maximum atomic E-state index is 14.7. The van der Waals surface area contributed by atoms with Crippen LogP contribution in [0.25, 0.3) is 16.7 Å². The molecule has 0 saturated carbocycles. The number of halogens is 1. The fourth-order valence-corrected chi connectivity index (χ4v) is 3.39. The van der Waals surface area contributed by atoms with Crippen molar-refractivity contribution < 1.29 is 18.8 Å². The first kappa shape index (κ1) is 17.2. The third-order valence-corrected chi connectivity index (χ3v) is 4.73. The molecule has 0 spiro atoms. The monoisotopic (exact) mass is 372 g/mol. The van der Waals surface area contributed by atoms with Crippen LogP contribution in [0.5, 0.6) is 0 Å². The lowest BCUT2D eigenvalue weighted by Gasteiger charge is -2.20. The molecule has 1 aliphatic heterocycles. The number of rotatable bonds is 3. The summed E-state index contributed by atoms with van der Waals surface area (Å²) in [6.45, 7) is 2.79. The van der Waals surface area contributed by atoms with Gasteiger partial charge in [-0.3, -0.25) is 9.36 Å². The molecule has 0 amide bonds. The molecular weight excluding hydrogens is 355 g/mol. The highest BCUT2D eigenvalue weighted by Gasteiger charge is 2.24. The summed E-state index contributed by atoms with van der Waals surface area (Å²) in [6, 6.07) is 4.16. The molecule has 1 atom stereocenters. The van der Waals surface area contributed by atoms with Crippen molar-refractivity contribution >= 4 is 22.6 Å². The van der Waals surface area contributed by atoms with E-state index in [-0.39, 0.29) is 11.4 Å². The molecule has 1 fully saturated rings. The number of fused-ring (bicyclic) bond motifs is 1. The van der Waals surface area contributed by atoms with Gasteiger partial charge in [0.05, 0.1) is 16.6 Å². The smallest absolute Gasteiger partial charge is 0.341 e. The molecule has 3 heterocycles. The highest BCUT2D eigenvalue weighted by atomic mass is 19.1. The van der Waals surface area contributed by atoms with E-state index in [1.54, 1.807) is 13.0 Å². The van der Waals surface area contributed by atoms with Gasteiger partial charge < -0.3 is 20.3 Å². The Labute approximate surface area is 152 Å². The minimum absolute atomic E-state index is 0.0414. The average molecular weight is 372 g/mol. The molecule has 0 aliphatic carbocycles. The van der Waals surface area contributed by atoms with Gasteiger partial charge in [0.1, 0.15) is 17.1 Å². The molecule has 1 aliphatic rings. The zero-order valence-corrected chi connectivity index (χ0v) is 14.5. The Kier molecular flexibility index (Phi) is 3.96. The van der Waals surface area contributed by atoms with Crippen molar-refractivity contribution in [2.75, 3.05) is 18.0 Å². The lowest BCUT2D eigenvalue weighted by Crippen LogP contribution is -2.27. The van der Waals surface area contributed by atoms with E-state index in [9.17, 15) is 19.1 Å². The lowest BCUT2D eigenvalue weighted by atomic mass is 10.1. The standard InChI is InChI=1S/C18H17FN4O4/c1-9-4-16(21-27-9)23-8-12(18(25)26)17(24)11-5-13(19)15(6-14(11)23)22-3-2-10(20)7-22/h4-6,8,10H,2-3,7,20H2,1H3,(H,25,26). The molecule has 9 heteroatoms. The van der Waals surface area contributed by atoms with Gasteiger partial charge in [0, 0.05) is 31.4 Å². The second-order valence-corrected chi connectivity index (χ2v) is 6.66. The number of anilines is 1. The van der Waals surface area contributed by atoms with Gasteiger partial charge in [0.25, 0.3) is 0 Å². The molecular formula is C18H17FN4O4. The van der Waals surface area contributed by atoms with E-state index in [4.69, 9.17) is 10.3 Å². The van der Waals surface area contributed by atoms with Crippen LogP contribution >= 0.6 is 0 Å². The highest BCUT2D eigenvalue weighted by Crippen LogP contribution is 2.29. The van der Waals surface area contributed by atoms with E-state index in [2.05, 4.69) is 5.16 Å². The van der Waals surface area contributed by atoms with Gasteiger partial charge in [-0.1, -0.05) is 5.16 Å². The molecule has 8 nitrogen and oxygen atoms in total. The summed E-state index contributed by atoms with van der Waals surface area (Å²) in [5.41, 5.74) is 5.35. The normalized spacial score (nSPS) is 17.0. The summed E-state index contributed by atoms with van der Waals surface area (Å²) in [5.74, 6) is -1.18. The summed E-state index contributed by atoms with van der Waals surface area (Å²) in [6.07, 6.45) is 1.92. The maximum absolute atomic E-state index is 14.7. The molecule has 0 bridgehead atoms. The SMILES string of the molecule is Cc1cc(-n2cc(C(=O)O)c(=O)c3cc(F)c(N4CCC(N)C4)cc32)no1. The molecule has 1 unspecified atom stereocenters. The molecule has 27 heavy (non-hydrogen) atoms. The number of carboxylic acids is 1. The number of hydrogen-bond acceptors (Lipinski definition) is 6. The van der Waals surface area contributed by atoms with E-state index in [1.165, 1.54) is 16.8 Å². The molecule has 0 radical (unpaired) electrons. The Morgan fingerprint density at radius 1 is 1.41 bits per heavy atom. The number of pyridine rings is 1. The van der Waals surface area contributed by atoms with Crippen LogP contribution in [0.15, 0.2) is 33.7 Å². The molecule has 3 aromatic rings. The average Bonchev–Trinajstić information content (AvgIpc) is 3.23. The van der Waals surface area contributed by atoms with Crippen LogP contribution in [-0.2, 0) is 0 Å². The quantitative estimate of drug-likeness (QED) is 0.718. The van der Waals surface area contributed by atoms with E-state index in [1.807, 2.05) is 4.90 Å². The van der Waals surface area contributed by atoms with Gasteiger partial charge in [0.15, 0.2) is 5.82 Å². The Bertz CT molecular complexity index is 1120. The summed E-state index contributed by atoms with van der Waals surface area (Å²) in [7, 11) is 0. The molecule has 1 aromatic carbocycles. The fourth-order valence-electron chi connectivity index (χ4n) is 3.39. The molecule has 4 rings (SSSR count). The number of nitrogens with zero attached hydrogens (tertiary/aromatic N) is 3. The van der Waals surface area contributed by atoms with Crippen molar-refractivity contribution in [3.8, 4) is 5.82 Å². The Morgan fingerprint density at radius 2 is 2.19 bits per heavy atom. The summed E-state index contributed by atoms with van der Waals surface area (Å²) in [4.78, 5) is 25.8. The van der Waals surface area contributed by atoms with Crippen molar-refractivity contribution in [1.82, 2.24) is 9.72 Å². The number of aromatic nitrogens is 2. The van der Waals surface area contributed by atoms with Crippen molar-refractivity contribution in [3.63, 3.8) is 0 Å². The second kappa shape index (κ2) is 6.20. The zero-order chi connectivity index (χ0) is 19.3. The number of benzene rings is 1. The van der Waals surface area contributed by atoms with Crippen LogP contribution in [0.4, 0.5) is 10.1 Å². The number of carbonyl (C=O) groups is 1. The molecule has 3 N–H and O–H groups in total. The van der Waals surface area contributed by atoms with E-state index in [0.717, 1.165) is 12.5 Å². The van der Waals surface area contributed by atoms with Crippen LogP contribution in [-0.4, -0.2) is 39.9 Å². The minimum atomic E-state index is -1.40. The first-order chi connectivity index (χ1) is 12.8. The van der Waals surface area contributed by atoms with Crippen molar-refractivity contribution in [3.05, 3.63) is 51.8 Å². The minimum Gasteiger partial charge on any atom is -0.477 e. The third kappa shape index (κ3) is 2.85. The van der Waals surface area contributed by atoms with Crippen LogP contribution in [0, 0.1) is 12.7 Å². The van der Waals surface area contributed by atoms with Gasteiger partial charge in [-0.15, -0.1) is 0 Å². The molecule has 140 valence electrons. The van der Waals surface area contributed by atoms with E-state index >= 15 is 0 Å². The van der Waals surface area contributed by atoms with E-state index in [0.29, 0.717) is 35.9 Å². The zero-order valence-electron chi connectivity index (χ0n) is 14.5. The van der Waals surface area contributed by atoms with Crippen molar-refractivity contribution in [2.24, 2.45) is 5.73 Å². The van der Waals surface area contributed by atoms with Gasteiger partial charge >= 0.3 is 5.97 Å². The number of aryl methyl sites for hydroxylation is 1. The summed E-state index contributed by atoms with van der Waals surface area (Å²) in [5, 5.41) is 13.2. The molecule has 2 aromatic heterocycles. The van der Waals surface area contributed by atoms with Crippen LogP contribution < -0.4 is 16.1 Å². The molecule has 1 saturated heterocycles. The summed E-state index contributed by atoms with van der Waals surface area (Å²) < 4.78 is 21.2. The number of carboxylic acid groups (broad SMARTS) is 1. The predicted molar refractivity (Wildman–Crippen MR) is 96.1 cm³/mol. The van der Waals surface area contributed by atoms with Gasteiger partial charge in [-0.2, -0.15) is 0 Å². The van der Waals surface area contributed by atoms with Crippen LogP contribution in [0.1, 0.15) is 22.5 Å². The number of hydrogen-bond donors (Lipinski definition) is 2. The number of aromatic carboxylic acids is 1. The van der Waals surface area contributed by atoms with Crippen LogP contribution in [0.2, 0.25) is 0 Å². The van der Waals surface area contributed by atoms with Gasteiger partial charge in [-0.05, 0) is 25.5 Å². The predicted octanol–water partition coefficient (Wildman–Crippen LogP) is 1.66. The second-order valence-electron chi connectivity index (χ2n) is 6.66. The van der Waals surface area contributed by atoms with Crippen molar-refractivity contribution in [2.45, 2.75) is 19.4 Å². The van der Waals surface area contributed by atoms with Crippen molar-refractivity contribution in [1.29, 1.82) is 0 Å². The van der Waals surface area contributed by atoms with E-state index < -0.39 is 22.8 Å².